The van der Waals surface area contributed by atoms with Gasteiger partial charge in [0, 0.05) is 10.7 Å². The van der Waals surface area contributed by atoms with Gasteiger partial charge in [0.25, 0.3) is 5.91 Å². The fourth-order valence-electron chi connectivity index (χ4n) is 2.73. The highest BCUT2D eigenvalue weighted by Crippen LogP contribution is 2.26. The Kier molecular flexibility index (Phi) is 6.28. The lowest BCUT2D eigenvalue weighted by molar-refractivity contribution is 0.0930. The third-order valence-electron chi connectivity index (χ3n) is 4.20. The van der Waals surface area contributed by atoms with E-state index in [1.807, 2.05) is 25.1 Å². The van der Waals surface area contributed by atoms with E-state index in [0.717, 1.165) is 26.8 Å². The van der Waals surface area contributed by atoms with Crippen LogP contribution in [0.5, 0.6) is 0 Å². The molecule has 3 aromatic rings. The van der Waals surface area contributed by atoms with E-state index in [2.05, 4.69) is 15.3 Å². The quantitative estimate of drug-likeness (QED) is 0.484. The number of aliphatic hydroxyl groups excluding tert-OH is 1. The molecule has 0 aliphatic carbocycles. The highest BCUT2D eigenvalue weighted by molar-refractivity contribution is 7.11. The van der Waals surface area contributed by atoms with E-state index in [1.165, 1.54) is 11.3 Å². The van der Waals surface area contributed by atoms with E-state index >= 15 is 0 Å². The van der Waals surface area contributed by atoms with Gasteiger partial charge in [0.1, 0.15) is 10.7 Å². The number of halogens is 1. The first kappa shape index (κ1) is 19.6. The Morgan fingerprint density at radius 1 is 1.33 bits per heavy atom. The van der Waals surface area contributed by atoms with Crippen LogP contribution in [0.3, 0.4) is 0 Å². The maximum atomic E-state index is 12.7. The summed E-state index contributed by atoms with van der Waals surface area (Å²) in [6.07, 6.45) is 0.564. The molecular weight excluding hydrogens is 384 g/mol. The number of rotatable bonds is 7. The number of carbonyl (C=O) groups is 1. The van der Waals surface area contributed by atoms with Crippen molar-refractivity contribution >= 4 is 28.8 Å². The molecule has 142 valence electrons. The molecule has 3 rings (SSSR count). The van der Waals surface area contributed by atoms with Crippen LogP contribution in [-0.2, 0) is 6.61 Å². The van der Waals surface area contributed by atoms with Crippen molar-refractivity contribution in [3.8, 4) is 11.3 Å². The van der Waals surface area contributed by atoms with E-state index in [4.69, 9.17) is 17.3 Å². The van der Waals surface area contributed by atoms with Gasteiger partial charge in [0.05, 0.1) is 23.2 Å². The number of hydrogen-bond acceptors (Lipinski definition) is 5. The second-order valence-corrected chi connectivity index (χ2v) is 7.67. The zero-order chi connectivity index (χ0) is 19.4. The minimum atomic E-state index is -0.297. The monoisotopic (exact) mass is 404 g/mol. The van der Waals surface area contributed by atoms with E-state index in [9.17, 15) is 9.90 Å². The molecule has 1 aromatic carbocycles. The van der Waals surface area contributed by atoms with Crippen LogP contribution in [0.15, 0.2) is 36.4 Å². The van der Waals surface area contributed by atoms with Crippen LogP contribution in [0.25, 0.3) is 11.3 Å². The molecule has 0 radical (unpaired) electrons. The van der Waals surface area contributed by atoms with Crippen molar-refractivity contribution in [2.24, 2.45) is 5.73 Å². The van der Waals surface area contributed by atoms with Gasteiger partial charge in [-0.3, -0.25) is 4.79 Å². The highest BCUT2D eigenvalue weighted by Gasteiger charge is 2.20. The number of aryl methyl sites for hydroxylation is 1. The molecule has 0 fully saturated rings. The lowest BCUT2D eigenvalue weighted by atomic mass is 10.2. The predicted octanol–water partition coefficient (Wildman–Crippen LogP) is 3.41. The summed E-state index contributed by atoms with van der Waals surface area (Å²) in [6, 6.07) is 10.7. The Morgan fingerprint density at radius 3 is 2.70 bits per heavy atom. The van der Waals surface area contributed by atoms with Crippen molar-refractivity contribution in [1.82, 2.24) is 15.3 Å². The van der Waals surface area contributed by atoms with E-state index < -0.39 is 0 Å². The summed E-state index contributed by atoms with van der Waals surface area (Å²) < 4.78 is 0. The van der Waals surface area contributed by atoms with Crippen LogP contribution < -0.4 is 11.1 Å². The van der Waals surface area contributed by atoms with Gasteiger partial charge >= 0.3 is 0 Å². The van der Waals surface area contributed by atoms with Crippen molar-refractivity contribution < 1.29 is 9.90 Å². The van der Waals surface area contributed by atoms with Gasteiger partial charge in [0.2, 0.25) is 0 Å². The molecule has 1 atom stereocenters. The third kappa shape index (κ3) is 4.56. The summed E-state index contributed by atoms with van der Waals surface area (Å²) in [4.78, 5) is 21.1. The molecule has 1 unspecified atom stereocenters. The second kappa shape index (κ2) is 8.67. The fraction of sp³-hybridized carbons (Fsp3) is 0.263. The number of nitrogens with zero attached hydrogens (tertiary/aromatic N) is 1. The van der Waals surface area contributed by atoms with Gasteiger partial charge in [-0.15, -0.1) is 11.3 Å². The molecule has 1 amide bonds. The molecule has 0 spiro atoms. The first-order valence-electron chi connectivity index (χ1n) is 8.54. The predicted molar refractivity (Wildman–Crippen MR) is 108 cm³/mol. The zero-order valence-electron chi connectivity index (χ0n) is 14.8. The molecule has 5 N–H and O–H groups in total. The highest BCUT2D eigenvalue weighted by atomic mass is 35.5. The van der Waals surface area contributed by atoms with E-state index in [0.29, 0.717) is 23.7 Å². The van der Waals surface area contributed by atoms with Crippen molar-refractivity contribution in [2.45, 2.75) is 26.0 Å². The summed E-state index contributed by atoms with van der Waals surface area (Å²) in [5, 5.41) is 13.8. The number of aliphatic hydroxyl groups is 1. The number of H-pyrrole nitrogens is 1. The number of amides is 1. The third-order valence-corrected chi connectivity index (χ3v) is 5.71. The summed E-state index contributed by atoms with van der Waals surface area (Å²) in [7, 11) is 0. The van der Waals surface area contributed by atoms with Crippen LogP contribution in [0.4, 0.5) is 0 Å². The smallest absolute Gasteiger partial charge is 0.268 e. The molecule has 0 aliphatic heterocycles. The molecule has 0 bridgehead atoms. The van der Waals surface area contributed by atoms with Crippen molar-refractivity contribution in [3.05, 3.63) is 62.7 Å². The van der Waals surface area contributed by atoms with Crippen molar-refractivity contribution in [3.63, 3.8) is 0 Å². The largest absolute Gasteiger partial charge is 0.391 e. The standard InChI is InChI=1S/C19H21ClN4O2S/c1-11-17(10-25)27-19(22-11)16(8-9-21)24-18(26)15-7-6-14(23-15)12-2-4-13(20)5-3-12/h2-7,16,23,25H,8-10,21H2,1H3,(H,24,26). The number of carbonyl (C=O) groups excluding carboxylic acids is 1. The van der Waals surface area contributed by atoms with Gasteiger partial charge < -0.3 is 21.1 Å². The molecule has 0 aliphatic rings. The normalized spacial score (nSPS) is 12.1. The number of nitrogens with one attached hydrogen (secondary N) is 2. The first-order chi connectivity index (χ1) is 13.0. The van der Waals surface area contributed by atoms with Gasteiger partial charge in [-0.1, -0.05) is 23.7 Å². The minimum absolute atomic E-state index is 0.0616. The molecule has 6 nitrogen and oxygen atoms in total. The minimum Gasteiger partial charge on any atom is -0.391 e. The van der Waals surface area contributed by atoms with Gasteiger partial charge in [-0.05, 0) is 49.7 Å². The van der Waals surface area contributed by atoms with Crippen LogP contribution in [0, 0.1) is 6.92 Å². The molecule has 27 heavy (non-hydrogen) atoms. The summed E-state index contributed by atoms with van der Waals surface area (Å²) in [6.45, 7) is 2.20. The number of nitrogens with two attached hydrogens (primary N) is 1. The molecule has 2 aromatic heterocycles. The Labute approximate surface area is 166 Å². The number of aromatic amines is 1. The van der Waals surface area contributed by atoms with Crippen LogP contribution in [-0.4, -0.2) is 27.5 Å². The summed E-state index contributed by atoms with van der Waals surface area (Å²) in [5.41, 5.74) is 8.72. The fourth-order valence-corrected chi connectivity index (χ4v) is 3.87. The Hall–Kier alpha value is -2.19. The number of hydrogen-bond donors (Lipinski definition) is 4. The van der Waals surface area contributed by atoms with Gasteiger partial charge in [-0.2, -0.15) is 0 Å². The number of thiazole rings is 1. The maximum Gasteiger partial charge on any atom is 0.268 e. The van der Waals surface area contributed by atoms with Crippen molar-refractivity contribution in [2.75, 3.05) is 6.54 Å². The summed E-state index contributed by atoms with van der Waals surface area (Å²) >= 11 is 7.31. The van der Waals surface area contributed by atoms with Crippen LogP contribution in [0.2, 0.25) is 5.02 Å². The van der Waals surface area contributed by atoms with Gasteiger partial charge in [0.15, 0.2) is 0 Å². The lowest BCUT2D eigenvalue weighted by Gasteiger charge is -2.15. The Balaban J connectivity index is 1.76. The number of benzene rings is 1. The average molecular weight is 405 g/mol. The molecular formula is C19H21ClN4O2S. The zero-order valence-corrected chi connectivity index (χ0v) is 16.4. The second-order valence-electron chi connectivity index (χ2n) is 6.11. The topological polar surface area (TPSA) is 104 Å². The average Bonchev–Trinajstić information content (AvgIpc) is 3.29. The van der Waals surface area contributed by atoms with E-state index in [-0.39, 0.29) is 18.6 Å². The Bertz CT molecular complexity index is 920. The SMILES string of the molecule is Cc1nc(C(CCN)NC(=O)c2ccc(-c3ccc(Cl)cc3)[nH]2)sc1CO. The van der Waals surface area contributed by atoms with Crippen molar-refractivity contribution in [1.29, 1.82) is 0 Å². The maximum absolute atomic E-state index is 12.7. The number of aromatic nitrogens is 2. The van der Waals surface area contributed by atoms with Crippen LogP contribution in [0.1, 0.15) is 38.5 Å². The molecule has 2 heterocycles. The molecule has 0 saturated heterocycles. The van der Waals surface area contributed by atoms with Gasteiger partial charge in [-0.25, -0.2) is 4.98 Å². The first-order valence-corrected chi connectivity index (χ1v) is 9.74. The van der Waals surface area contributed by atoms with E-state index in [1.54, 1.807) is 18.2 Å². The summed E-state index contributed by atoms with van der Waals surface area (Å²) in [5.74, 6) is -0.230. The molecule has 0 saturated carbocycles. The van der Waals surface area contributed by atoms with Crippen LogP contribution >= 0.6 is 22.9 Å². The Morgan fingerprint density at radius 2 is 2.07 bits per heavy atom. The lowest BCUT2D eigenvalue weighted by Crippen LogP contribution is -2.30. The molecule has 8 heteroatoms.